The second-order valence-corrected chi connectivity index (χ2v) is 10.8. The minimum absolute atomic E-state index is 0.220. The molecule has 2 saturated heterocycles. The molecule has 3 rings (SSSR count). The summed E-state index contributed by atoms with van der Waals surface area (Å²) in [7, 11) is -3.01. The molecule has 0 unspecified atom stereocenters. The summed E-state index contributed by atoms with van der Waals surface area (Å²) in [5.41, 5.74) is 1.49. The van der Waals surface area contributed by atoms with Gasteiger partial charge in [-0.25, -0.2) is 22.3 Å². The number of halogens is 6. The molecule has 16 heteroatoms. The number of alkyl halides is 6. The van der Waals surface area contributed by atoms with Crippen LogP contribution in [-0.4, -0.2) is 89.0 Å². The van der Waals surface area contributed by atoms with Crippen LogP contribution in [0.25, 0.3) is 0 Å². The molecule has 37 heavy (non-hydrogen) atoms. The molecule has 0 aliphatic carbocycles. The van der Waals surface area contributed by atoms with Gasteiger partial charge >= 0.3 is 24.3 Å². The van der Waals surface area contributed by atoms with Gasteiger partial charge in [0.15, 0.2) is 0 Å². The van der Waals surface area contributed by atoms with E-state index in [0.29, 0.717) is 18.5 Å². The predicted octanol–water partition coefficient (Wildman–Crippen LogP) is 3.38. The molecule has 2 aliphatic heterocycles. The quantitative estimate of drug-likeness (QED) is 0.532. The molecule has 9 nitrogen and oxygen atoms in total. The van der Waals surface area contributed by atoms with Crippen LogP contribution in [0.4, 0.5) is 26.3 Å². The van der Waals surface area contributed by atoms with Crippen molar-refractivity contribution >= 4 is 22.0 Å². The summed E-state index contributed by atoms with van der Waals surface area (Å²) in [6.07, 6.45) is -3.92. The SMILES string of the molecule is CCS(=O)(=O)N1CCC2(CCN(Cc3ccccn3)CC2)CC1.O=C(O)C(F)(F)F.O=C(O)C(F)(F)F. The highest BCUT2D eigenvalue weighted by Gasteiger charge is 2.40. The maximum absolute atomic E-state index is 12.0. The number of carboxylic acid groups (broad SMARTS) is 2. The molecule has 3 heterocycles. The Balaban J connectivity index is 0.000000404. The van der Waals surface area contributed by atoms with Gasteiger partial charge < -0.3 is 10.2 Å². The zero-order valence-electron chi connectivity index (χ0n) is 19.9. The third-order valence-corrected chi connectivity index (χ3v) is 7.94. The number of rotatable bonds is 4. The number of carbonyl (C=O) groups is 2. The van der Waals surface area contributed by atoms with Crippen molar-refractivity contribution in [2.24, 2.45) is 5.41 Å². The molecule has 0 saturated carbocycles. The number of aromatic nitrogens is 1. The van der Waals surface area contributed by atoms with Crippen molar-refractivity contribution < 1.29 is 54.6 Å². The van der Waals surface area contributed by atoms with E-state index in [0.717, 1.165) is 38.2 Å². The summed E-state index contributed by atoms with van der Waals surface area (Å²) in [6.45, 7) is 6.25. The van der Waals surface area contributed by atoms with Crippen LogP contribution < -0.4 is 0 Å². The summed E-state index contributed by atoms with van der Waals surface area (Å²) < 4.78 is 89.1. The lowest BCUT2D eigenvalue weighted by Gasteiger charge is -2.46. The van der Waals surface area contributed by atoms with Gasteiger partial charge in [0.1, 0.15) is 0 Å². The molecule has 0 radical (unpaired) electrons. The fraction of sp³-hybridized carbons (Fsp3) is 0.667. The zero-order chi connectivity index (χ0) is 28.5. The van der Waals surface area contributed by atoms with Crippen LogP contribution in [0.3, 0.4) is 0 Å². The highest BCUT2D eigenvalue weighted by Crippen LogP contribution is 2.42. The molecule has 2 N–H and O–H groups in total. The molecular weight excluding hydrogens is 536 g/mol. The summed E-state index contributed by atoms with van der Waals surface area (Å²) in [6, 6.07) is 6.07. The molecule has 1 spiro atoms. The molecular formula is C21H29F6N3O6S. The van der Waals surface area contributed by atoms with Crippen molar-refractivity contribution in [1.29, 1.82) is 0 Å². The number of aliphatic carboxylic acids is 2. The van der Waals surface area contributed by atoms with E-state index in [1.54, 1.807) is 11.2 Å². The number of piperidine rings is 2. The van der Waals surface area contributed by atoms with Gasteiger partial charge in [0, 0.05) is 25.8 Å². The van der Waals surface area contributed by atoms with E-state index in [1.807, 2.05) is 18.3 Å². The monoisotopic (exact) mass is 565 g/mol. The van der Waals surface area contributed by atoms with Gasteiger partial charge in [0.25, 0.3) is 0 Å². The third-order valence-electron chi connectivity index (χ3n) is 6.05. The van der Waals surface area contributed by atoms with Crippen molar-refractivity contribution in [3.8, 4) is 0 Å². The van der Waals surface area contributed by atoms with Crippen molar-refractivity contribution in [2.75, 3.05) is 31.9 Å². The fourth-order valence-corrected chi connectivity index (χ4v) is 4.93. The van der Waals surface area contributed by atoms with Gasteiger partial charge in [0.05, 0.1) is 11.4 Å². The van der Waals surface area contributed by atoms with Gasteiger partial charge in [-0.3, -0.25) is 9.88 Å². The Labute approximate surface area is 210 Å². The lowest BCUT2D eigenvalue weighted by molar-refractivity contribution is -0.193. The Morgan fingerprint density at radius 3 is 1.70 bits per heavy atom. The molecule has 1 aromatic rings. The van der Waals surface area contributed by atoms with Crippen LogP contribution in [0.5, 0.6) is 0 Å². The lowest BCUT2D eigenvalue weighted by atomic mass is 9.71. The van der Waals surface area contributed by atoms with Gasteiger partial charge in [-0.15, -0.1) is 0 Å². The predicted molar refractivity (Wildman–Crippen MR) is 119 cm³/mol. The summed E-state index contributed by atoms with van der Waals surface area (Å²) in [5, 5.41) is 14.2. The lowest BCUT2D eigenvalue weighted by Crippen LogP contribution is -2.48. The minimum Gasteiger partial charge on any atom is -0.475 e. The minimum atomic E-state index is -5.08. The number of nitrogens with zero attached hydrogens (tertiary/aromatic N) is 3. The number of carboxylic acids is 2. The van der Waals surface area contributed by atoms with Gasteiger partial charge in [-0.05, 0) is 63.2 Å². The summed E-state index contributed by atoms with van der Waals surface area (Å²) in [4.78, 5) is 24.7. The normalized spacial score (nSPS) is 18.7. The molecule has 0 aromatic carbocycles. The van der Waals surface area contributed by atoms with Crippen LogP contribution >= 0.6 is 0 Å². The first kappa shape index (κ1) is 32.6. The Bertz CT molecular complexity index is 947. The van der Waals surface area contributed by atoms with E-state index in [2.05, 4.69) is 16.0 Å². The fourth-order valence-electron chi connectivity index (χ4n) is 3.83. The van der Waals surface area contributed by atoms with Crippen LogP contribution in [0.2, 0.25) is 0 Å². The molecule has 0 amide bonds. The van der Waals surface area contributed by atoms with Gasteiger partial charge in [-0.2, -0.15) is 26.3 Å². The highest BCUT2D eigenvalue weighted by atomic mass is 32.2. The maximum atomic E-state index is 12.0. The van der Waals surface area contributed by atoms with Crippen molar-refractivity contribution in [3.63, 3.8) is 0 Å². The topological polar surface area (TPSA) is 128 Å². The number of likely N-dealkylation sites (tertiary alicyclic amines) is 1. The van der Waals surface area contributed by atoms with Crippen molar-refractivity contribution in [3.05, 3.63) is 30.1 Å². The Kier molecular flexibility index (Phi) is 11.8. The summed E-state index contributed by atoms with van der Waals surface area (Å²) >= 11 is 0. The highest BCUT2D eigenvalue weighted by molar-refractivity contribution is 7.89. The van der Waals surface area contributed by atoms with Gasteiger partial charge in [-0.1, -0.05) is 6.07 Å². The first-order chi connectivity index (χ1) is 16.9. The maximum Gasteiger partial charge on any atom is 0.490 e. The van der Waals surface area contributed by atoms with Gasteiger partial charge in [0.2, 0.25) is 10.0 Å². The number of sulfonamides is 1. The van der Waals surface area contributed by atoms with E-state index in [9.17, 15) is 34.8 Å². The average molecular weight is 566 g/mol. The van der Waals surface area contributed by atoms with E-state index < -0.39 is 34.3 Å². The molecule has 0 bridgehead atoms. The second kappa shape index (κ2) is 13.4. The Morgan fingerprint density at radius 1 is 0.919 bits per heavy atom. The van der Waals surface area contributed by atoms with Crippen LogP contribution in [0.15, 0.2) is 24.4 Å². The molecule has 212 valence electrons. The van der Waals surface area contributed by atoms with Crippen molar-refractivity contribution in [2.45, 2.75) is 51.5 Å². The summed E-state index contributed by atoms with van der Waals surface area (Å²) in [5.74, 6) is -5.29. The largest absolute Gasteiger partial charge is 0.490 e. The number of pyridine rings is 1. The Hall–Kier alpha value is -2.46. The smallest absolute Gasteiger partial charge is 0.475 e. The average Bonchev–Trinajstić information content (AvgIpc) is 2.81. The Morgan fingerprint density at radius 2 is 1.35 bits per heavy atom. The number of hydrogen-bond donors (Lipinski definition) is 2. The van der Waals surface area contributed by atoms with Crippen LogP contribution in [0, 0.1) is 5.41 Å². The molecule has 1 aromatic heterocycles. The molecule has 2 aliphatic rings. The van der Waals surface area contributed by atoms with E-state index in [1.165, 1.54) is 12.8 Å². The van der Waals surface area contributed by atoms with E-state index in [-0.39, 0.29) is 5.75 Å². The standard InChI is InChI=1S/C17H27N3O2S.2C2HF3O2/c1-2-23(21,22)20-13-8-17(9-14-20)6-11-19(12-7-17)15-16-5-3-4-10-18-16;2*3-2(4,5)1(6)7/h3-5,10H,2,6-9,11-15H2,1H3;2*(H,6,7). The first-order valence-electron chi connectivity index (χ1n) is 11.1. The van der Waals surface area contributed by atoms with E-state index in [4.69, 9.17) is 19.8 Å². The van der Waals surface area contributed by atoms with E-state index >= 15 is 0 Å². The van der Waals surface area contributed by atoms with Crippen LogP contribution in [-0.2, 0) is 26.2 Å². The number of hydrogen-bond acceptors (Lipinski definition) is 6. The third kappa shape index (κ3) is 11.2. The van der Waals surface area contributed by atoms with Crippen molar-refractivity contribution in [1.82, 2.24) is 14.2 Å². The first-order valence-corrected chi connectivity index (χ1v) is 12.7. The zero-order valence-corrected chi connectivity index (χ0v) is 20.7. The van der Waals surface area contributed by atoms with Crippen LogP contribution in [0.1, 0.15) is 38.3 Å². The molecule has 2 fully saturated rings. The second-order valence-electron chi connectivity index (χ2n) is 8.50. The molecule has 0 atom stereocenters.